The summed E-state index contributed by atoms with van der Waals surface area (Å²) in [5.74, 6) is -2.24. The second-order valence-corrected chi connectivity index (χ2v) is 17.9. The Morgan fingerprint density at radius 1 is 0.965 bits per heavy atom. The van der Waals surface area contributed by atoms with Crippen LogP contribution in [0.5, 0.6) is 5.75 Å². The number of fused-ring (bicyclic) bond motifs is 3. The van der Waals surface area contributed by atoms with Crippen molar-refractivity contribution in [3.05, 3.63) is 71.2 Å². The van der Waals surface area contributed by atoms with E-state index in [0.29, 0.717) is 31.2 Å². The first kappa shape index (κ1) is 38.6. The summed E-state index contributed by atoms with van der Waals surface area (Å²) in [7, 11) is -2.47. The lowest BCUT2D eigenvalue weighted by Crippen LogP contribution is -2.58. The van der Waals surface area contributed by atoms with E-state index in [2.05, 4.69) is 20.5 Å². The number of aromatic nitrogens is 2. The summed E-state index contributed by atoms with van der Waals surface area (Å²) in [5.41, 5.74) is -1.14. The summed E-state index contributed by atoms with van der Waals surface area (Å²) in [5, 5.41) is 11.2. The number of hydrogen-bond acceptors (Lipinski definition) is 10. The van der Waals surface area contributed by atoms with E-state index in [4.69, 9.17) is 9.47 Å². The summed E-state index contributed by atoms with van der Waals surface area (Å²) in [6, 6.07) is 10.2. The molecule has 15 nitrogen and oxygen atoms in total. The van der Waals surface area contributed by atoms with Gasteiger partial charge in [0, 0.05) is 18.9 Å². The highest BCUT2D eigenvalue weighted by Crippen LogP contribution is 2.46. The second-order valence-electron chi connectivity index (χ2n) is 15.9. The van der Waals surface area contributed by atoms with E-state index in [1.807, 2.05) is 54.6 Å². The van der Waals surface area contributed by atoms with E-state index >= 15 is 0 Å². The topological polar surface area (TPSA) is 195 Å². The van der Waals surface area contributed by atoms with Crippen molar-refractivity contribution in [2.75, 3.05) is 13.7 Å². The average molecular weight is 801 g/mol. The molecule has 4 fully saturated rings. The van der Waals surface area contributed by atoms with Crippen LogP contribution in [0.15, 0.2) is 65.6 Å². The number of sulfonamides is 1. The van der Waals surface area contributed by atoms with Gasteiger partial charge in [0.25, 0.3) is 11.5 Å². The number of amides is 4. The lowest BCUT2D eigenvalue weighted by atomic mass is 9.96. The van der Waals surface area contributed by atoms with Gasteiger partial charge in [-0.25, -0.2) is 17.9 Å². The molecule has 302 valence electrons. The molecule has 1 saturated heterocycles. The third-order valence-electron chi connectivity index (χ3n) is 12.1. The quantitative estimate of drug-likeness (QED) is 0.282. The zero-order chi connectivity index (χ0) is 39.9. The molecule has 8 rings (SSSR count). The summed E-state index contributed by atoms with van der Waals surface area (Å²) < 4.78 is 40.5. The molecule has 5 aliphatic rings. The van der Waals surface area contributed by atoms with E-state index in [1.54, 1.807) is 0 Å². The van der Waals surface area contributed by atoms with Crippen LogP contribution in [-0.4, -0.2) is 89.5 Å². The number of benzene rings is 2. The maximum Gasteiger partial charge on any atom is 0.408 e. The summed E-state index contributed by atoms with van der Waals surface area (Å²) in [6.07, 6.45) is 10.9. The van der Waals surface area contributed by atoms with Crippen LogP contribution in [0.3, 0.4) is 0 Å². The monoisotopic (exact) mass is 800 g/mol. The minimum atomic E-state index is -3.93. The Hall–Kier alpha value is -5.25. The van der Waals surface area contributed by atoms with Crippen molar-refractivity contribution < 1.29 is 37.1 Å². The highest BCUT2D eigenvalue weighted by atomic mass is 32.2. The third kappa shape index (κ3) is 7.75. The molecule has 3 N–H and O–H groups in total. The highest BCUT2D eigenvalue weighted by molar-refractivity contribution is 7.91. The van der Waals surface area contributed by atoms with E-state index in [9.17, 15) is 32.4 Å². The first-order valence-corrected chi connectivity index (χ1v) is 21.5. The van der Waals surface area contributed by atoms with Gasteiger partial charge in [-0.2, -0.15) is 5.10 Å². The van der Waals surface area contributed by atoms with Crippen LogP contribution in [0, 0.1) is 5.92 Å². The zero-order valence-electron chi connectivity index (χ0n) is 31.9. The van der Waals surface area contributed by atoms with Gasteiger partial charge in [-0.15, -0.1) is 0 Å². The Bertz CT molecular complexity index is 2280. The molecule has 16 heteroatoms. The Labute approximate surface area is 330 Å². The molecule has 2 aromatic carbocycles. The van der Waals surface area contributed by atoms with Crippen molar-refractivity contribution in [1.29, 1.82) is 0 Å². The number of ether oxygens (including phenoxy) is 2. The number of alkyl carbamates (subject to hydrolysis) is 1. The predicted molar refractivity (Wildman–Crippen MR) is 209 cm³/mol. The Kier molecular flexibility index (Phi) is 10.6. The van der Waals surface area contributed by atoms with Crippen LogP contribution in [-0.2, 0) is 29.1 Å². The lowest BCUT2D eigenvalue weighted by Gasteiger charge is -2.31. The van der Waals surface area contributed by atoms with Gasteiger partial charge in [-0.05, 0) is 74.1 Å². The van der Waals surface area contributed by atoms with Gasteiger partial charge in [-0.3, -0.25) is 23.9 Å². The number of hydrogen-bond donors (Lipinski definition) is 3. The highest BCUT2D eigenvalue weighted by Gasteiger charge is 2.62. The van der Waals surface area contributed by atoms with Gasteiger partial charge in [0.15, 0.2) is 5.75 Å². The van der Waals surface area contributed by atoms with Crippen molar-refractivity contribution in [2.24, 2.45) is 5.92 Å². The number of nitrogens with zero attached hydrogens (tertiary/aromatic N) is 3. The predicted octanol–water partition coefficient (Wildman–Crippen LogP) is 3.87. The van der Waals surface area contributed by atoms with Crippen LogP contribution in [0.2, 0.25) is 0 Å². The van der Waals surface area contributed by atoms with Crippen molar-refractivity contribution in [3.8, 4) is 16.9 Å². The maximum absolute atomic E-state index is 14.7. The van der Waals surface area contributed by atoms with Gasteiger partial charge in [0.2, 0.25) is 21.8 Å². The van der Waals surface area contributed by atoms with Crippen LogP contribution in [0.4, 0.5) is 4.79 Å². The molecule has 57 heavy (non-hydrogen) atoms. The maximum atomic E-state index is 14.7. The molecule has 0 bridgehead atoms. The van der Waals surface area contributed by atoms with Crippen LogP contribution in [0.25, 0.3) is 21.9 Å². The summed E-state index contributed by atoms with van der Waals surface area (Å²) in [4.78, 5) is 72.0. The SMILES string of the molecule is COc1cnn(C2C[C@H]3C(=O)NC4(C(=O)NS(=O)(=O)C5CC5)C[C@H]4/C=C\CCCCC[C@H](NC(=O)OC4CCC4)C(=O)N3C2)c(=O)c1-c1cccc2ccccc12. The van der Waals surface area contributed by atoms with E-state index in [0.717, 1.165) is 42.9 Å². The third-order valence-corrected chi connectivity index (χ3v) is 13.9. The zero-order valence-corrected chi connectivity index (χ0v) is 32.7. The largest absolute Gasteiger partial charge is 0.494 e. The molecule has 2 unspecified atom stereocenters. The van der Waals surface area contributed by atoms with Gasteiger partial charge in [0.05, 0.1) is 30.2 Å². The van der Waals surface area contributed by atoms with Crippen molar-refractivity contribution in [3.63, 3.8) is 0 Å². The molecule has 3 aliphatic carbocycles. The number of allylic oxidation sites excluding steroid dienone is 1. The Morgan fingerprint density at radius 3 is 2.51 bits per heavy atom. The molecule has 3 heterocycles. The van der Waals surface area contributed by atoms with Gasteiger partial charge >= 0.3 is 6.09 Å². The van der Waals surface area contributed by atoms with Gasteiger partial charge in [-0.1, -0.05) is 67.5 Å². The number of carbonyl (C=O) groups excluding carboxylic acids is 4. The van der Waals surface area contributed by atoms with Crippen LogP contribution < -0.4 is 25.7 Å². The molecular weight excluding hydrogens is 753 g/mol. The minimum absolute atomic E-state index is 0.0520. The molecule has 3 saturated carbocycles. The molecule has 0 radical (unpaired) electrons. The number of nitrogens with one attached hydrogen (secondary N) is 3. The van der Waals surface area contributed by atoms with Crippen molar-refractivity contribution in [1.82, 2.24) is 30.0 Å². The molecule has 2 aliphatic heterocycles. The van der Waals surface area contributed by atoms with E-state index < -0.39 is 74.2 Å². The fourth-order valence-electron chi connectivity index (χ4n) is 8.33. The van der Waals surface area contributed by atoms with Crippen LogP contribution in [0.1, 0.15) is 83.1 Å². The normalized spacial score (nSPS) is 27.4. The summed E-state index contributed by atoms with van der Waals surface area (Å²) in [6.45, 7) is -0.112. The lowest BCUT2D eigenvalue weighted by molar-refractivity contribution is -0.141. The number of rotatable bonds is 8. The molecule has 3 aromatic rings. The Morgan fingerprint density at radius 2 is 1.75 bits per heavy atom. The van der Waals surface area contributed by atoms with Crippen molar-refractivity contribution >= 4 is 44.6 Å². The fourth-order valence-corrected chi connectivity index (χ4v) is 9.69. The molecular formula is C41H48N6O9S. The number of methoxy groups -OCH3 is 1. The second kappa shape index (κ2) is 15.6. The van der Waals surface area contributed by atoms with Gasteiger partial charge in [0.1, 0.15) is 23.7 Å². The first-order chi connectivity index (χ1) is 27.5. The number of carbonyl (C=O) groups is 4. The first-order valence-electron chi connectivity index (χ1n) is 20.0. The minimum Gasteiger partial charge on any atom is -0.494 e. The van der Waals surface area contributed by atoms with Crippen molar-refractivity contribution in [2.45, 2.75) is 112 Å². The molecule has 0 spiro atoms. The van der Waals surface area contributed by atoms with E-state index in [1.165, 1.54) is 22.9 Å². The fraction of sp³-hybridized carbons (Fsp3) is 0.512. The van der Waals surface area contributed by atoms with Gasteiger partial charge < -0.3 is 25.0 Å². The van der Waals surface area contributed by atoms with E-state index in [-0.39, 0.29) is 43.2 Å². The molecule has 5 atom stereocenters. The van der Waals surface area contributed by atoms with Crippen LogP contribution >= 0.6 is 0 Å². The Balaban J connectivity index is 1.15. The smallest absolute Gasteiger partial charge is 0.408 e. The summed E-state index contributed by atoms with van der Waals surface area (Å²) >= 11 is 0. The molecule has 4 amide bonds. The average Bonchev–Trinajstić information content (AvgIpc) is 4.11. The standard InChI is InChI=1S/C41H48N6O9S/c1-55-34-23-42-47(38(50)35(34)31-17-9-12-25-11-7-8-16-30(25)31)27-21-33-36(48)44-41(39(51)45-57(53,54)29-19-20-29)22-26(41)13-5-3-2-4-6-18-32(37(49)46(33)24-27)43-40(52)56-28-14-10-15-28/h5,7-9,11-13,16-17,23,26-29,32-33H,2-4,6,10,14-15,18-22,24H2,1H3,(H,43,52)(H,44,48)(H,45,51)/b13-5-/t26-,27?,32+,33+,41?/m1/s1. The molecule has 1 aromatic heterocycles.